The fourth-order valence-corrected chi connectivity index (χ4v) is 3.66. The molecule has 1 aromatic rings. The van der Waals surface area contributed by atoms with E-state index in [2.05, 4.69) is 0 Å². The molecule has 4 rings (SSSR count). The van der Waals surface area contributed by atoms with Crippen LogP contribution in [0.25, 0.3) is 0 Å². The van der Waals surface area contributed by atoms with Crippen LogP contribution < -0.4 is 9.47 Å². The van der Waals surface area contributed by atoms with Crippen molar-refractivity contribution >= 4 is 5.91 Å². The predicted octanol–water partition coefficient (Wildman–Crippen LogP) is 2.18. The van der Waals surface area contributed by atoms with Crippen molar-refractivity contribution < 1.29 is 19.2 Å². The quantitative estimate of drug-likeness (QED) is 0.626. The van der Waals surface area contributed by atoms with Crippen LogP contribution in [0.1, 0.15) is 37.3 Å². The van der Waals surface area contributed by atoms with Gasteiger partial charge in [0.2, 0.25) is 11.9 Å². The molecule has 1 amide bonds. The highest BCUT2D eigenvalue weighted by Gasteiger charge is 2.55. The zero-order chi connectivity index (χ0) is 16.7. The van der Waals surface area contributed by atoms with Crippen LogP contribution in [-0.2, 0) is 4.79 Å². The van der Waals surface area contributed by atoms with Crippen LogP contribution in [0.15, 0.2) is 18.2 Å². The average Bonchev–Trinajstić information content (AvgIpc) is 3.29. The lowest BCUT2D eigenvalue weighted by Gasteiger charge is -2.25. The van der Waals surface area contributed by atoms with E-state index in [-0.39, 0.29) is 16.9 Å². The van der Waals surface area contributed by atoms with Crippen molar-refractivity contribution in [2.75, 3.05) is 19.8 Å². The third kappa shape index (κ3) is 2.68. The number of amides is 1. The zero-order valence-electron chi connectivity index (χ0n) is 13.3. The molecule has 1 saturated carbocycles. The van der Waals surface area contributed by atoms with Gasteiger partial charge < -0.3 is 14.4 Å². The monoisotopic (exact) mass is 332 g/mol. The lowest BCUT2D eigenvalue weighted by Crippen LogP contribution is -2.33. The molecule has 2 heterocycles. The van der Waals surface area contributed by atoms with Gasteiger partial charge in [0, 0.05) is 24.3 Å². The number of hydrogen-bond acceptors (Lipinski definition) is 5. The molecule has 0 N–H and O–H groups in total. The number of fused-ring (bicyclic) bond motifs is 1. The van der Waals surface area contributed by atoms with Gasteiger partial charge in [0.15, 0.2) is 11.5 Å². The van der Waals surface area contributed by atoms with Crippen LogP contribution in [0.4, 0.5) is 0 Å². The summed E-state index contributed by atoms with van der Waals surface area (Å²) in [6, 6.07) is 5.11. The van der Waals surface area contributed by atoms with Gasteiger partial charge in [-0.25, -0.2) is 0 Å². The summed E-state index contributed by atoms with van der Waals surface area (Å²) < 4.78 is 11.4. The molecule has 0 spiro atoms. The summed E-state index contributed by atoms with van der Waals surface area (Å²) in [6.07, 6.45) is 3.01. The predicted molar refractivity (Wildman–Crippen MR) is 84.6 cm³/mol. The van der Waals surface area contributed by atoms with Crippen molar-refractivity contribution in [2.24, 2.45) is 5.92 Å². The fourth-order valence-electron chi connectivity index (χ4n) is 3.66. The van der Waals surface area contributed by atoms with Gasteiger partial charge in [-0.2, -0.15) is 0 Å². The highest BCUT2D eigenvalue weighted by atomic mass is 16.6. The third-order valence-electron chi connectivity index (χ3n) is 5.04. The van der Waals surface area contributed by atoms with Crippen LogP contribution in [0.3, 0.4) is 0 Å². The van der Waals surface area contributed by atoms with Crippen LogP contribution in [0.5, 0.6) is 11.5 Å². The van der Waals surface area contributed by atoms with Crippen LogP contribution >= 0.6 is 0 Å². The molecule has 0 unspecified atom stereocenters. The van der Waals surface area contributed by atoms with Crippen LogP contribution in [0, 0.1) is 16.0 Å². The van der Waals surface area contributed by atoms with E-state index in [1.165, 1.54) is 0 Å². The molecule has 3 atom stereocenters. The molecule has 7 nitrogen and oxygen atoms in total. The first-order valence-electron chi connectivity index (χ1n) is 8.48. The highest BCUT2D eigenvalue weighted by molar-refractivity contribution is 5.83. The van der Waals surface area contributed by atoms with E-state index >= 15 is 0 Å². The number of rotatable bonds is 3. The van der Waals surface area contributed by atoms with Gasteiger partial charge in [0.05, 0.1) is 19.3 Å². The van der Waals surface area contributed by atoms with Crippen LogP contribution in [-0.4, -0.2) is 41.5 Å². The summed E-state index contributed by atoms with van der Waals surface area (Å²) in [7, 11) is 0. The first kappa shape index (κ1) is 15.2. The number of likely N-dealkylation sites (tertiary alicyclic amines) is 1. The Morgan fingerprint density at radius 3 is 2.75 bits per heavy atom. The molecule has 0 bridgehead atoms. The third-order valence-corrected chi connectivity index (χ3v) is 5.04. The van der Waals surface area contributed by atoms with Gasteiger partial charge in [-0.15, -0.1) is 0 Å². The van der Waals surface area contributed by atoms with Gasteiger partial charge in [0.25, 0.3) is 0 Å². The topological polar surface area (TPSA) is 81.9 Å². The number of ether oxygens (including phenoxy) is 2. The summed E-state index contributed by atoms with van der Waals surface area (Å²) in [6.45, 7) is 1.93. The van der Waals surface area contributed by atoms with Gasteiger partial charge >= 0.3 is 0 Å². The van der Waals surface area contributed by atoms with E-state index in [4.69, 9.17) is 9.47 Å². The van der Waals surface area contributed by atoms with Crippen molar-refractivity contribution in [3.8, 4) is 11.5 Å². The van der Waals surface area contributed by atoms with E-state index in [9.17, 15) is 14.9 Å². The number of carbonyl (C=O) groups excluding carboxylic acids is 1. The smallest absolute Gasteiger partial charge is 0.233 e. The minimum Gasteiger partial charge on any atom is -0.490 e. The molecule has 0 radical (unpaired) electrons. The van der Waals surface area contributed by atoms with E-state index in [1.807, 2.05) is 23.1 Å². The summed E-state index contributed by atoms with van der Waals surface area (Å²) >= 11 is 0. The van der Waals surface area contributed by atoms with E-state index in [0.717, 1.165) is 36.3 Å². The van der Waals surface area contributed by atoms with Crippen molar-refractivity contribution in [1.82, 2.24) is 4.90 Å². The molecule has 7 heteroatoms. The molecule has 0 aromatic heterocycles. The van der Waals surface area contributed by atoms with Crippen molar-refractivity contribution in [3.05, 3.63) is 33.9 Å². The van der Waals surface area contributed by atoms with Gasteiger partial charge in [0.1, 0.15) is 5.92 Å². The molecule has 1 aliphatic carbocycles. The molecule has 128 valence electrons. The Bertz CT molecular complexity index is 677. The number of nitrogens with zero attached hydrogens (tertiary/aromatic N) is 2. The van der Waals surface area contributed by atoms with E-state index < -0.39 is 12.0 Å². The van der Waals surface area contributed by atoms with Crippen molar-refractivity contribution in [3.63, 3.8) is 0 Å². The maximum Gasteiger partial charge on any atom is 0.233 e. The molecule has 2 aliphatic heterocycles. The maximum absolute atomic E-state index is 12.6. The second-order valence-corrected chi connectivity index (χ2v) is 6.64. The molecule has 1 saturated heterocycles. The summed E-state index contributed by atoms with van der Waals surface area (Å²) in [5.41, 5.74) is 1.02. The first-order chi connectivity index (χ1) is 11.6. The lowest BCUT2D eigenvalue weighted by atomic mass is 10.0. The normalized spacial score (nSPS) is 28.3. The number of nitro groups is 1. The summed E-state index contributed by atoms with van der Waals surface area (Å²) in [5.74, 6) is 0.939. The molecular formula is C17H20N2O5. The van der Waals surface area contributed by atoms with Crippen molar-refractivity contribution in [2.45, 2.75) is 37.8 Å². The standard InChI is InChI=1S/C17H20N2O5/c20-17(12-10-14(12)19(21)22)18-6-1-3-13(18)11-4-5-15-16(9-11)24-8-2-7-23-15/h4-5,9,12-14H,1-3,6-8,10H2/t12-,13-,14-/m1/s1. The minimum atomic E-state index is -0.692. The minimum absolute atomic E-state index is 0.0253. The lowest BCUT2D eigenvalue weighted by molar-refractivity contribution is -0.497. The Morgan fingerprint density at radius 2 is 2.00 bits per heavy atom. The van der Waals surface area contributed by atoms with Gasteiger partial charge in [-0.05, 0) is 30.5 Å². The molecule has 1 aromatic carbocycles. The molecular weight excluding hydrogens is 312 g/mol. The summed E-state index contributed by atoms with van der Waals surface area (Å²) in [5, 5.41) is 10.8. The highest BCUT2D eigenvalue weighted by Crippen LogP contribution is 2.42. The average molecular weight is 332 g/mol. The Balaban J connectivity index is 1.54. The largest absolute Gasteiger partial charge is 0.490 e. The SMILES string of the molecule is O=C([C@@H]1C[C@H]1[N+](=O)[O-])N1CCC[C@@H]1c1ccc2c(c1)OCCCO2. The Hall–Kier alpha value is -2.31. The number of hydrogen-bond donors (Lipinski definition) is 0. The maximum atomic E-state index is 12.6. The molecule has 3 aliphatic rings. The van der Waals surface area contributed by atoms with Gasteiger partial charge in [-0.1, -0.05) is 6.07 Å². The number of carbonyl (C=O) groups is 1. The Kier molecular flexibility index (Phi) is 3.78. The Labute approximate surface area is 139 Å². The second-order valence-electron chi connectivity index (χ2n) is 6.64. The van der Waals surface area contributed by atoms with E-state index in [0.29, 0.717) is 26.2 Å². The molecule has 2 fully saturated rings. The molecule has 24 heavy (non-hydrogen) atoms. The zero-order valence-corrected chi connectivity index (χ0v) is 13.3. The fraction of sp³-hybridized carbons (Fsp3) is 0.588. The second kappa shape index (κ2) is 5.96. The van der Waals surface area contributed by atoms with Crippen LogP contribution in [0.2, 0.25) is 0 Å². The Morgan fingerprint density at radius 1 is 1.21 bits per heavy atom. The number of benzene rings is 1. The van der Waals surface area contributed by atoms with Gasteiger partial charge in [-0.3, -0.25) is 14.9 Å². The van der Waals surface area contributed by atoms with E-state index in [1.54, 1.807) is 0 Å². The first-order valence-corrected chi connectivity index (χ1v) is 8.48. The van der Waals surface area contributed by atoms with Crippen molar-refractivity contribution in [1.29, 1.82) is 0 Å². The summed E-state index contributed by atoms with van der Waals surface area (Å²) in [4.78, 5) is 24.9.